The van der Waals surface area contributed by atoms with Crippen molar-refractivity contribution in [2.24, 2.45) is 5.92 Å². The van der Waals surface area contributed by atoms with Crippen molar-refractivity contribution in [2.45, 2.75) is 37.8 Å². The number of H-pyrrole nitrogens is 1. The molecule has 0 spiro atoms. The molecule has 8 nitrogen and oxygen atoms in total. The summed E-state index contributed by atoms with van der Waals surface area (Å²) in [4.78, 5) is 29.8. The number of hydrogen-bond acceptors (Lipinski definition) is 5. The minimum absolute atomic E-state index is 0.0816. The van der Waals surface area contributed by atoms with Gasteiger partial charge >= 0.3 is 5.97 Å². The third kappa shape index (κ3) is 3.02. The molecule has 4 rings (SSSR count). The molecule has 2 aromatic heterocycles. The van der Waals surface area contributed by atoms with Crippen molar-refractivity contribution < 1.29 is 23.8 Å². The summed E-state index contributed by atoms with van der Waals surface area (Å²) in [6.07, 6.45) is 3.58. The van der Waals surface area contributed by atoms with Crippen LogP contribution in [-0.4, -0.2) is 56.3 Å². The number of hydrogen-bond donors (Lipinski definition) is 2. The second-order valence-electron chi connectivity index (χ2n) is 6.98. The summed E-state index contributed by atoms with van der Waals surface area (Å²) in [5.41, 5.74) is 0.722. The van der Waals surface area contributed by atoms with Crippen LogP contribution in [0.2, 0.25) is 0 Å². The van der Waals surface area contributed by atoms with E-state index in [1.54, 1.807) is 4.90 Å². The second-order valence-corrected chi connectivity index (χ2v) is 6.98. The molecule has 9 heteroatoms. The third-order valence-corrected chi connectivity index (χ3v) is 5.44. The zero-order valence-corrected chi connectivity index (χ0v) is 14.7. The average molecular weight is 374 g/mol. The number of carbonyl (C=O) groups is 2. The maximum Gasteiger partial charge on any atom is 0.306 e. The van der Waals surface area contributed by atoms with E-state index >= 15 is 0 Å². The minimum Gasteiger partial charge on any atom is -0.481 e. The zero-order valence-electron chi connectivity index (χ0n) is 14.7. The van der Waals surface area contributed by atoms with Crippen molar-refractivity contribution in [1.82, 2.24) is 20.1 Å². The predicted molar refractivity (Wildman–Crippen MR) is 91.7 cm³/mol. The molecule has 2 bridgehead atoms. The number of aromatic nitrogens is 3. The minimum atomic E-state index is -0.801. The summed E-state index contributed by atoms with van der Waals surface area (Å²) in [5, 5.41) is 16.0. The Balaban J connectivity index is 1.58. The van der Waals surface area contributed by atoms with Gasteiger partial charge in [0.15, 0.2) is 5.82 Å². The molecule has 2 unspecified atom stereocenters. The molecule has 2 fully saturated rings. The largest absolute Gasteiger partial charge is 0.481 e. The highest BCUT2D eigenvalue weighted by Crippen LogP contribution is 2.39. The molecular formula is C18H19FN4O4. The number of methoxy groups -OCH3 is 1. The van der Waals surface area contributed by atoms with Crippen LogP contribution in [0.15, 0.2) is 18.3 Å². The summed E-state index contributed by atoms with van der Waals surface area (Å²) in [5.74, 6) is -1.75. The highest BCUT2D eigenvalue weighted by Gasteiger charge is 2.45. The molecule has 4 heterocycles. The standard InChI is InChI=1S/C18H19FN4O4/c1-27-16-6-12(13(19)8-20-16)14-7-15(22-21-14)17(24)23-10-2-3-11(23)5-9(4-10)18(25)26/h6-11H,2-5H2,1H3,(H,21,22)(H,25,26)/t9?,10-,11?/m0/s1. The fraction of sp³-hybridized carbons (Fsp3) is 0.444. The first-order valence-corrected chi connectivity index (χ1v) is 8.78. The number of nitrogens with one attached hydrogen (secondary N) is 1. The molecule has 0 saturated carbocycles. The van der Waals surface area contributed by atoms with Gasteiger partial charge in [-0.25, -0.2) is 9.37 Å². The van der Waals surface area contributed by atoms with Crippen molar-refractivity contribution >= 4 is 11.9 Å². The van der Waals surface area contributed by atoms with E-state index in [-0.39, 0.29) is 40.8 Å². The van der Waals surface area contributed by atoms with Crippen LogP contribution >= 0.6 is 0 Å². The molecule has 2 saturated heterocycles. The summed E-state index contributed by atoms with van der Waals surface area (Å²) in [7, 11) is 1.43. The van der Waals surface area contributed by atoms with Gasteiger partial charge in [-0.1, -0.05) is 0 Å². The predicted octanol–water partition coefficient (Wildman–Crippen LogP) is 2.09. The van der Waals surface area contributed by atoms with Crippen molar-refractivity contribution in [3.63, 3.8) is 0 Å². The third-order valence-electron chi connectivity index (χ3n) is 5.44. The number of pyridine rings is 1. The van der Waals surface area contributed by atoms with Crippen LogP contribution in [0, 0.1) is 11.7 Å². The molecule has 1 amide bonds. The van der Waals surface area contributed by atoms with Crippen LogP contribution in [0.25, 0.3) is 11.3 Å². The first-order chi connectivity index (χ1) is 13.0. The van der Waals surface area contributed by atoms with Gasteiger partial charge in [0.1, 0.15) is 5.69 Å². The number of carboxylic acids is 1. The Morgan fingerprint density at radius 1 is 1.30 bits per heavy atom. The number of aromatic amines is 1. The quantitative estimate of drug-likeness (QED) is 0.848. The number of carboxylic acid groups (broad SMARTS) is 1. The van der Waals surface area contributed by atoms with E-state index in [1.165, 1.54) is 19.2 Å². The molecule has 0 aromatic carbocycles. The number of piperidine rings is 1. The molecule has 0 radical (unpaired) electrons. The topological polar surface area (TPSA) is 108 Å². The Kier molecular flexibility index (Phi) is 4.29. The molecule has 0 aliphatic carbocycles. The van der Waals surface area contributed by atoms with Crippen LogP contribution < -0.4 is 4.74 Å². The van der Waals surface area contributed by atoms with Crippen LogP contribution in [0.4, 0.5) is 4.39 Å². The maximum atomic E-state index is 14.1. The Morgan fingerprint density at radius 3 is 2.63 bits per heavy atom. The van der Waals surface area contributed by atoms with Gasteiger partial charge in [-0.2, -0.15) is 5.10 Å². The monoisotopic (exact) mass is 374 g/mol. The number of rotatable bonds is 4. The normalized spacial score (nSPS) is 24.1. The lowest BCUT2D eigenvalue weighted by atomic mass is 9.90. The van der Waals surface area contributed by atoms with Crippen LogP contribution in [0.3, 0.4) is 0 Å². The number of nitrogens with zero attached hydrogens (tertiary/aromatic N) is 3. The van der Waals surface area contributed by atoms with Gasteiger partial charge < -0.3 is 14.7 Å². The van der Waals surface area contributed by atoms with Crippen molar-refractivity contribution in [3.8, 4) is 17.1 Å². The van der Waals surface area contributed by atoms with Crippen LogP contribution in [0.1, 0.15) is 36.2 Å². The first-order valence-electron chi connectivity index (χ1n) is 8.78. The van der Waals surface area contributed by atoms with Crippen LogP contribution in [-0.2, 0) is 4.79 Å². The maximum absolute atomic E-state index is 14.1. The lowest BCUT2D eigenvalue weighted by Gasteiger charge is -2.37. The molecule has 142 valence electrons. The number of amides is 1. The van der Waals surface area contributed by atoms with Gasteiger partial charge in [-0.05, 0) is 31.7 Å². The molecule has 2 aliphatic heterocycles. The Hall–Kier alpha value is -2.97. The summed E-state index contributed by atoms with van der Waals surface area (Å²) < 4.78 is 19.1. The van der Waals surface area contributed by atoms with E-state index in [4.69, 9.17) is 4.74 Å². The lowest BCUT2D eigenvalue weighted by molar-refractivity contribution is -0.144. The van der Waals surface area contributed by atoms with Gasteiger partial charge in [0, 0.05) is 23.7 Å². The van der Waals surface area contributed by atoms with Crippen molar-refractivity contribution in [3.05, 3.63) is 29.8 Å². The van der Waals surface area contributed by atoms with Gasteiger partial charge in [-0.3, -0.25) is 14.7 Å². The summed E-state index contributed by atoms with van der Waals surface area (Å²) in [6, 6.07) is 2.76. The molecular weight excluding hydrogens is 355 g/mol. The first kappa shape index (κ1) is 17.4. The zero-order chi connectivity index (χ0) is 19.1. The van der Waals surface area contributed by atoms with Crippen molar-refractivity contribution in [2.75, 3.05) is 7.11 Å². The van der Waals surface area contributed by atoms with E-state index in [9.17, 15) is 19.1 Å². The molecule has 2 aliphatic rings. The summed E-state index contributed by atoms with van der Waals surface area (Å²) >= 11 is 0. The molecule has 2 N–H and O–H groups in total. The molecule has 2 aromatic rings. The van der Waals surface area contributed by atoms with E-state index in [0.29, 0.717) is 12.8 Å². The SMILES string of the molecule is COc1cc(-c2cc(C(=O)N3C4CC[C@H]3CC(C(=O)O)C4)[nH]n2)c(F)cn1. The summed E-state index contributed by atoms with van der Waals surface area (Å²) in [6.45, 7) is 0. The Morgan fingerprint density at radius 2 is 2.00 bits per heavy atom. The smallest absolute Gasteiger partial charge is 0.306 e. The van der Waals surface area contributed by atoms with Gasteiger partial charge in [-0.15, -0.1) is 0 Å². The Bertz CT molecular complexity index is 885. The second kappa shape index (κ2) is 6.64. The number of aliphatic carboxylic acids is 1. The van der Waals surface area contributed by atoms with Gasteiger partial charge in [0.25, 0.3) is 5.91 Å². The number of carbonyl (C=O) groups excluding carboxylic acids is 1. The average Bonchev–Trinajstić information content (AvgIpc) is 3.24. The lowest BCUT2D eigenvalue weighted by Crippen LogP contribution is -2.48. The van der Waals surface area contributed by atoms with E-state index in [2.05, 4.69) is 15.2 Å². The van der Waals surface area contributed by atoms with Gasteiger partial charge in [0.05, 0.1) is 24.9 Å². The Labute approximate surface area is 154 Å². The van der Waals surface area contributed by atoms with E-state index < -0.39 is 17.7 Å². The molecule has 3 atom stereocenters. The van der Waals surface area contributed by atoms with E-state index in [1.807, 2.05) is 0 Å². The fourth-order valence-corrected chi connectivity index (χ4v) is 4.15. The molecule has 27 heavy (non-hydrogen) atoms. The number of fused-ring (bicyclic) bond motifs is 2. The fourth-order valence-electron chi connectivity index (χ4n) is 4.15. The van der Waals surface area contributed by atoms with Crippen LogP contribution in [0.5, 0.6) is 5.88 Å². The van der Waals surface area contributed by atoms with Crippen molar-refractivity contribution in [1.29, 1.82) is 0 Å². The number of halogens is 1. The van der Waals surface area contributed by atoms with Gasteiger partial charge in [0.2, 0.25) is 5.88 Å². The number of ether oxygens (including phenoxy) is 1. The highest BCUT2D eigenvalue weighted by molar-refractivity contribution is 5.94. The highest BCUT2D eigenvalue weighted by atomic mass is 19.1. The van der Waals surface area contributed by atoms with E-state index in [0.717, 1.165) is 19.0 Å².